The quantitative estimate of drug-likeness (QED) is 0.717. The Labute approximate surface area is 108 Å². The molecule has 0 aliphatic carbocycles. The summed E-state index contributed by atoms with van der Waals surface area (Å²) in [7, 11) is 0. The highest BCUT2D eigenvalue weighted by molar-refractivity contribution is 5.53. The fourth-order valence-corrected chi connectivity index (χ4v) is 1.70. The number of benzene rings is 1. The molecule has 0 spiro atoms. The minimum atomic E-state index is -0.317. The second-order valence-electron chi connectivity index (χ2n) is 4.01. The third-order valence-electron chi connectivity index (χ3n) is 2.61. The van der Waals surface area contributed by atoms with Crippen molar-refractivity contribution in [3.63, 3.8) is 0 Å². The predicted octanol–water partition coefficient (Wildman–Crippen LogP) is 1.92. The molecule has 94 valence electrons. The summed E-state index contributed by atoms with van der Waals surface area (Å²) in [6.45, 7) is 0.505. The molecule has 3 rings (SSSR count). The number of aromatic nitrogens is 5. The van der Waals surface area contributed by atoms with Crippen LogP contribution in [0.3, 0.4) is 0 Å². The zero-order valence-corrected chi connectivity index (χ0v) is 9.94. The van der Waals surface area contributed by atoms with Crippen LogP contribution in [0.15, 0.2) is 48.8 Å². The van der Waals surface area contributed by atoms with Gasteiger partial charge < -0.3 is 0 Å². The molecular formula is C13H10FN5. The predicted molar refractivity (Wildman–Crippen MR) is 66.6 cm³/mol. The highest BCUT2D eigenvalue weighted by Crippen LogP contribution is 2.14. The van der Waals surface area contributed by atoms with Gasteiger partial charge in [-0.2, -0.15) is 4.80 Å². The van der Waals surface area contributed by atoms with Gasteiger partial charge in [-0.25, -0.2) is 4.39 Å². The van der Waals surface area contributed by atoms with Gasteiger partial charge in [-0.15, -0.1) is 10.2 Å². The first kappa shape index (κ1) is 11.5. The summed E-state index contributed by atoms with van der Waals surface area (Å²) in [4.78, 5) is 5.41. The smallest absolute Gasteiger partial charge is 0.205 e. The topological polar surface area (TPSA) is 56.5 Å². The van der Waals surface area contributed by atoms with Crippen molar-refractivity contribution in [2.24, 2.45) is 0 Å². The van der Waals surface area contributed by atoms with Gasteiger partial charge in [0.2, 0.25) is 5.82 Å². The second kappa shape index (κ2) is 4.93. The highest BCUT2D eigenvalue weighted by Gasteiger charge is 2.06. The third kappa shape index (κ3) is 2.62. The second-order valence-corrected chi connectivity index (χ2v) is 4.01. The van der Waals surface area contributed by atoms with Crippen LogP contribution in [-0.4, -0.2) is 25.2 Å². The van der Waals surface area contributed by atoms with Gasteiger partial charge in [0.15, 0.2) is 0 Å². The summed E-state index contributed by atoms with van der Waals surface area (Å²) < 4.78 is 13.1. The molecule has 0 radical (unpaired) electrons. The largest absolute Gasteiger partial charge is 0.265 e. The van der Waals surface area contributed by atoms with E-state index in [1.807, 2.05) is 12.1 Å². The zero-order valence-electron chi connectivity index (χ0n) is 9.94. The summed E-state index contributed by atoms with van der Waals surface area (Å²) in [5.41, 5.74) is 1.64. The summed E-state index contributed by atoms with van der Waals surface area (Å²) in [6, 6.07) is 9.89. The molecule has 0 fully saturated rings. The number of tetrazole rings is 1. The Morgan fingerprint density at radius 1 is 1.11 bits per heavy atom. The minimum absolute atomic E-state index is 0.317. The molecule has 5 nitrogen and oxygen atoms in total. The van der Waals surface area contributed by atoms with Gasteiger partial charge in [0.25, 0.3) is 0 Å². The number of nitrogens with zero attached hydrogens (tertiary/aromatic N) is 5. The molecule has 0 unspecified atom stereocenters. The maximum absolute atomic E-state index is 13.1. The maximum Gasteiger partial charge on any atom is 0.205 e. The van der Waals surface area contributed by atoms with Crippen LogP contribution in [0.5, 0.6) is 0 Å². The van der Waals surface area contributed by atoms with Crippen LogP contribution in [0, 0.1) is 5.82 Å². The van der Waals surface area contributed by atoms with Gasteiger partial charge in [-0.3, -0.25) is 4.98 Å². The van der Waals surface area contributed by atoms with E-state index in [0.717, 1.165) is 5.56 Å². The van der Waals surface area contributed by atoms with Crippen molar-refractivity contribution in [1.29, 1.82) is 0 Å². The summed E-state index contributed by atoms with van der Waals surface area (Å²) in [5, 5.41) is 12.1. The Morgan fingerprint density at radius 3 is 2.74 bits per heavy atom. The molecule has 2 heterocycles. The Bertz CT molecular complexity index is 680. The van der Waals surface area contributed by atoms with E-state index in [2.05, 4.69) is 20.4 Å². The van der Waals surface area contributed by atoms with Crippen molar-refractivity contribution in [1.82, 2.24) is 25.2 Å². The van der Waals surface area contributed by atoms with E-state index in [1.54, 1.807) is 24.5 Å². The Morgan fingerprint density at radius 2 is 1.95 bits per heavy atom. The molecule has 0 saturated heterocycles. The monoisotopic (exact) mass is 255 g/mol. The highest BCUT2D eigenvalue weighted by atomic mass is 19.1. The van der Waals surface area contributed by atoms with E-state index in [0.29, 0.717) is 17.9 Å². The molecule has 6 heteroatoms. The lowest BCUT2D eigenvalue weighted by molar-refractivity contribution is 0.572. The van der Waals surface area contributed by atoms with Gasteiger partial charge in [-0.1, -0.05) is 12.1 Å². The third-order valence-corrected chi connectivity index (χ3v) is 2.61. The molecule has 0 aliphatic heterocycles. The van der Waals surface area contributed by atoms with Gasteiger partial charge in [-0.05, 0) is 35.0 Å². The standard InChI is InChI=1S/C13H10FN5/c14-12-3-1-2-11(8-12)13-16-18-19(17-13)9-10-4-6-15-7-5-10/h1-8H,9H2. The summed E-state index contributed by atoms with van der Waals surface area (Å²) in [6.07, 6.45) is 3.42. The lowest BCUT2D eigenvalue weighted by Gasteiger charge is -1.97. The SMILES string of the molecule is Fc1cccc(-c2nnn(Cc3ccncc3)n2)c1. The maximum atomic E-state index is 13.1. The van der Waals surface area contributed by atoms with E-state index >= 15 is 0 Å². The number of rotatable bonds is 3. The van der Waals surface area contributed by atoms with Crippen LogP contribution in [0.4, 0.5) is 4.39 Å². The lowest BCUT2D eigenvalue weighted by atomic mass is 10.2. The number of hydrogen-bond donors (Lipinski definition) is 0. The van der Waals surface area contributed by atoms with Crippen LogP contribution in [0.1, 0.15) is 5.56 Å². The molecule has 1 aromatic carbocycles. The first-order valence-electron chi connectivity index (χ1n) is 5.74. The molecule has 0 atom stereocenters. The van der Waals surface area contributed by atoms with Gasteiger partial charge in [0, 0.05) is 18.0 Å². The van der Waals surface area contributed by atoms with Crippen LogP contribution in [-0.2, 0) is 6.54 Å². The summed E-state index contributed by atoms with van der Waals surface area (Å²) in [5.74, 6) is 0.0940. The first-order chi connectivity index (χ1) is 9.31. The molecule has 0 saturated carbocycles. The normalized spacial score (nSPS) is 10.6. The fraction of sp³-hybridized carbons (Fsp3) is 0.0769. The van der Waals surface area contributed by atoms with Crippen molar-refractivity contribution in [3.05, 3.63) is 60.2 Å². The van der Waals surface area contributed by atoms with E-state index in [4.69, 9.17) is 0 Å². The minimum Gasteiger partial charge on any atom is -0.265 e. The first-order valence-corrected chi connectivity index (χ1v) is 5.74. The Hall–Kier alpha value is -2.63. The van der Waals surface area contributed by atoms with Crippen LogP contribution >= 0.6 is 0 Å². The van der Waals surface area contributed by atoms with Crippen molar-refractivity contribution in [3.8, 4) is 11.4 Å². The van der Waals surface area contributed by atoms with Crippen molar-refractivity contribution >= 4 is 0 Å². The van der Waals surface area contributed by atoms with E-state index in [1.165, 1.54) is 16.9 Å². The van der Waals surface area contributed by atoms with Crippen molar-refractivity contribution in [2.75, 3.05) is 0 Å². The van der Waals surface area contributed by atoms with Crippen molar-refractivity contribution in [2.45, 2.75) is 6.54 Å². The van der Waals surface area contributed by atoms with Gasteiger partial charge in [0.05, 0.1) is 6.54 Å². The van der Waals surface area contributed by atoms with E-state index in [9.17, 15) is 4.39 Å². The van der Waals surface area contributed by atoms with Gasteiger partial charge in [0.1, 0.15) is 5.82 Å². The molecule has 0 amide bonds. The molecule has 0 bridgehead atoms. The molecular weight excluding hydrogens is 245 g/mol. The Kier molecular flexibility index (Phi) is 2.97. The molecule has 0 aliphatic rings. The van der Waals surface area contributed by atoms with Crippen LogP contribution in [0.2, 0.25) is 0 Å². The molecule has 3 aromatic rings. The number of halogens is 1. The Balaban J connectivity index is 1.84. The van der Waals surface area contributed by atoms with E-state index < -0.39 is 0 Å². The van der Waals surface area contributed by atoms with E-state index in [-0.39, 0.29) is 5.82 Å². The molecule has 0 N–H and O–H groups in total. The average Bonchev–Trinajstić information content (AvgIpc) is 2.88. The number of pyridine rings is 1. The van der Waals surface area contributed by atoms with Crippen molar-refractivity contribution < 1.29 is 4.39 Å². The van der Waals surface area contributed by atoms with Crippen LogP contribution < -0.4 is 0 Å². The van der Waals surface area contributed by atoms with Crippen LogP contribution in [0.25, 0.3) is 11.4 Å². The zero-order chi connectivity index (χ0) is 13.1. The lowest BCUT2D eigenvalue weighted by Crippen LogP contribution is -2.03. The molecule has 2 aromatic heterocycles. The summed E-state index contributed by atoms with van der Waals surface area (Å²) >= 11 is 0. The average molecular weight is 255 g/mol. The fourth-order valence-electron chi connectivity index (χ4n) is 1.70. The molecule has 19 heavy (non-hydrogen) atoms. The van der Waals surface area contributed by atoms with Gasteiger partial charge >= 0.3 is 0 Å². The number of hydrogen-bond acceptors (Lipinski definition) is 4.